The second kappa shape index (κ2) is 5.36. The fraction of sp³-hybridized carbons (Fsp3) is 0.267. The highest BCUT2D eigenvalue weighted by Crippen LogP contribution is 2.29. The van der Waals surface area contributed by atoms with Crippen LogP contribution in [0.4, 0.5) is 23.7 Å². The van der Waals surface area contributed by atoms with Gasteiger partial charge in [-0.2, -0.15) is 18.3 Å². The number of carbonyl (C=O) groups excluding carboxylic acids is 2. The van der Waals surface area contributed by atoms with E-state index in [0.717, 1.165) is 15.6 Å². The van der Waals surface area contributed by atoms with Crippen LogP contribution in [0, 0.1) is 0 Å². The van der Waals surface area contributed by atoms with Gasteiger partial charge in [-0.1, -0.05) is 0 Å². The number of nitrogens with zero attached hydrogens (tertiary/aromatic N) is 4. The number of alkyl halides is 3. The molecule has 6 nitrogen and oxygen atoms in total. The zero-order valence-electron chi connectivity index (χ0n) is 12.8. The predicted octanol–water partition coefficient (Wildman–Crippen LogP) is 2.68. The van der Waals surface area contributed by atoms with Crippen LogP contribution in [0.15, 0.2) is 36.5 Å². The Hall–Kier alpha value is -2.84. The molecule has 24 heavy (non-hydrogen) atoms. The van der Waals surface area contributed by atoms with Crippen LogP contribution < -0.4 is 4.90 Å². The Kier molecular flexibility index (Phi) is 3.58. The Morgan fingerprint density at radius 1 is 1.04 bits per heavy atom. The summed E-state index contributed by atoms with van der Waals surface area (Å²) in [4.78, 5) is 26.6. The lowest BCUT2D eigenvalue weighted by atomic mass is 10.2. The highest BCUT2D eigenvalue weighted by atomic mass is 19.4. The van der Waals surface area contributed by atoms with Crippen LogP contribution in [0.25, 0.3) is 5.69 Å². The van der Waals surface area contributed by atoms with Crippen LogP contribution in [0.2, 0.25) is 0 Å². The predicted molar refractivity (Wildman–Crippen MR) is 78.7 cm³/mol. The zero-order valence-corrected chi connectivity index (χ0v) is 12.8. The summed E-state index contributed by atoms with van der Waals surface area (Å²) in [5.41, 5.74) is -0.255. The second-order valence-electron chi connectivity index (χ2n) is 5.40. The van der Waals surface area contributed by atoms with Gasteiger partial charge < -0.3 is 4.90 Å². The Bertz CT molecular complexity index is 778. The molecule has 3 amide bonds. The van der Waals surface area contributed by atoms with E-state index >= 15 is 0 Å². The number of amides is 3. The number of anilines is 1. The number of carbonyl (C=O) groups is 2. The van der Waals surface area contributed by atoms with Crippen molar-refractivity contribution in [1.29, 1.82) is 0 Å². The van der Waals surface area contributed by atoms with Crippen molar-refractivity contribution in [1.82, 2.24) is 14.7 Å². The van der Waals surface area contributed by atoms with Crippen molar-refractivity contribution < 1.29 is 22.8 Å². The highest BCUT2D eigenvalue weighted by Gasteiger charge is 2.41. The Morgan fingerprint density at radius 2 is 1.62 bits per heavy atom. The van der Waals surface area contributed by atoms with E-state index in [1.54, 1.807) is 6.92 Å². The molecular weight excluding hydrogens is 325 g/mol. The summed E-state index contributed by atoms with van der Waals surface area (Å²) in [5.74, 6) is -0.353. The van der Waals surface area contributed by atoms with Crippen molar-refractivity contribution >= 4 is 17.6 Å². The molecule has 126 valence electrons. The SMILES string of the molecule is C[C@@H]1C(=O)N(c2ccc(-n3ccc(C(F)(F)F)n3)cc2)C(=O)N1C. The first-order valence-corrected chi connectivity index (χ1v) is 7.04. The maximum absolute atomic E-state index is 12.6. The van der Waals surface area contributed by atoms with Crippen molar-refractivity contribution in [2.75, 3.05) is 11.9 Å². The van der Waals surface area contributed by atoms with Gasteiger partial charge in [0, 0.05) is 13.2 Å². The van der Waals surface area contributed by atoms with Crippen molar-refractivity contribution in [3.63, 3.8) is 0 Å². The van der Waals surface area contributed by atoms with Gasteiger partial charge in [-0.05, 0) is 37.3 Å². The lowest BCUT2D eigenvalue weighted by Crippen LogP contribution is -2.31. The van der Waals surface area contributed by atoms with Gasteiger partial charge in [-0.3, -0.25) is 4.79 Å². The fourth-order valence-corrected chi connectivity index (χ4v) is 2.38. The Morgan fingerprint density at radius 3 is 2.08 bits per heavy atom. The third kappa shape index (κ3) is 2.51. The molecule has 1 atom stereocenters. The van der Waals surface area contributed by atoms with Crippen molar-refractivity contribution in [2.24, 2.45) is 0 Å². The first-order valence-electron chi connectivity index (χ1n) is 7.04. The van der Waals surface area contributed by atoms with E-state index in [2.05, 4.69) is 5.10 Å². The zero-order chi connectivity index (χ0) is 17.6. The highest BCUT2D eigenvalue weighted by molar-refractivity contribution is 6.21. The van der Waals surface area contributed by atoms with Gasteiger partial charge in [-0.25, -0.2) is 14.4 Å². The van der Waals surface area contributed by atoms with Gasteiger partial charge in [0.05, 0.1) is 11.4 Å². The van der Waals surface area contributed by atoms with E-state index in [1.165, 1.54) is 42.4 Å². The Labute approximate surface area is 135 Å². The van der Waals surface area contributed by atoms with E-state index in [9.17, 15) is 22.8 Å². The molecule has 0 saturated carbocycles. The van der Waals surface area contributed by atoms with Gasteiger partial charge in [0.15, 0.2) is 5.69 Å². The first kappa shape index (κ1) is 16.0. The maximum Gasteiger partial charge on any atom is 0.435 e. The molecule has 9 heteroatoms. The number of hydrogen-bond acceptors (Lipinski definition) is 3. The molecule has 1 aromatic heterocycles. The molecule has 3 rings (SSSR count). The smallest absolute Gasteiger partial charge is 0.315 e. The monoisotopic (exact) mass is 338 g/mol. The van der Waals surface area contributed by atoms with Gasteiger partial charge in [-0.15, -0.1) is 0 Å². The van der Waals surface area contributed by atoms with Crippen LogP contribution in [0.1, 0.15) is 12.6 Å². The van der Waals surface area contributed by atoms with E-state index in [4.69, 9.17) is 0 Å². The van der Waals surface area contributed by atoms with Crippen molar-refractivity contribution in [2.45, 2.75) is 19.1 Å². The molecule has 1 fully saturated rings. The number of imide groups is 1. The summed E-state index contributed by atoms with van der Waals surface area (Å²) < 4.78 is 38.8. The number of hydrogen-bond donors (Lipinski definition) is 0. The standard InChI is InChI=1S/C15H13F3N4O2/c1-9-13(23)22(14(24)20(9)2)11-5-3-10(4-6-11)21-8-7-12(19-21)15(16,17)18/h3-9H,1-2H3/t9-/m1/s1. The number of urea groups is 1. The topological polar surface area (TPSA) is 58.4 Å². The molecule has 0 bridgehead atoms. The molecule has 2 heterocycles. The third-order valence-corrected chi connectivity index (χ3v) is 3.90. The summed E-state index contributed by atoms with van der Waals surface area (Å²) in [6.07, 6.45) is -3.32. The summed E-state index contributed by atoms with van der Waals surface area (Å²) in [5, 5.41) is 3.47. The molecule has 1 aromatic carbocycles. The molecule has 1 aliphatic heterocycles. The van der Waals surface area contributed by atoms with Gasteiger partial charge in [0.1, 0.15) is 6.04 Å². The summed E-state index contributed by atoms with van der Waals surface area (Å²) in [6, 6.07) is 5.84. The molecule has 0 radical (unpaired) electrons. The van der Waals surface area contributed by atoms with E-state index in [-0.39, 0.29) is 5.91 Å². The minimum absolute atomic E-state index is 0.353. The molecular formula is C15H13F3N4O2. The molecule has 1 aliphatic rings. The lowest BCUT2D eigenvalue weighted by molar-refractivity contribution is -0.141. The normalized spacial score (nSPS) is 18.6. The number of benzene rings is 1. The molecule has 0 unspecified atom stereocenters. The number of rotatable bonds is 2. The maximum atomic E-state index is 12.6. The second-order valence-corrected chi connectivity index (χ2v) is 5.40. The molecule has 0 aliphatic carbocycles. The van der Waals surface area contributed by atoms with Gasteiger partial charge in [0.2, 0.25) is 0 Å². The number of halogens is 3. The third-order valence-electron chi connectivity index (χ3n) is 3.90. The summed E-state index contributed by atoms with van der Waals surface area (Å²) in [6.45, 7) is 1.62. The van der Waals surface area contributed by atoms with Crippen LogP contribution in [-0.4, -0.2) is 39.7 Å². The Balaban J connectivity index is 1.88. The fourth-order valence-electron chi connectivity index (χ4n) is 2.38. The molecule has 1 saturated heterocycles. The molecule has 0 N–H and O–H groups in total. The van der Waals surface area contributed by atoms with Crippen LogP contribution in [0.5, 0.6) is 0 Å². The van der Waals surface area contributed by atoms with E-state index < -0.39 is 23.9 Å². The molecule has 2 aromatic rings. The van der Waals surface area contributed by atoms with Crippen molar-refractivity contribution in [3.8, 4) is 5.69 Å². The summed E-state index contributed by atoms with van der Waals surface area (Å²) >= 11 is 0. The number of aromatic nitrogens is 2. The van der Waals surface area contributed by atoms with Crippen LogP contribution in [-0.2, 0) is 11.0 Å². The van der Waals surface area contributed by atoms with E-state index in [0.29, 0.717) is 11.4 Å². The van der Waals surface area contributed by atoms with Gasteiger partial charge >= 0.3 is 12.2 Å². The average molecular weight is 338 g/mol. The minimum atomic E-state index is -4.51. The average Bonchev–Trinajstić information content (AvgIpc) is 3.10. The largest absolute Gasteiger partial charge is 0.435 e. The lowest BCUT2D eigenvalue weighted by Gasteiger charge is -2.14. The van der Waals surface area contributed by atoms with E-state index in [1.807, 2.05) is 0 Å². The summed E-state index contributed by atoms with van der Waals surface area (Å²) in [7, 11) is 1.53. The number of likely N-dealkylation sites (N-methyl/N-ethyl adjacent to an activating group) is 1. The van der Waals surface area contributed by atoms with Crippen LogP contribution >= 0.6 is 0 Å². The van der Waals surface area contributed by atoms with Gasteiger partial charge in [0.25, 0.3) is 5.91 Å². The quantitative estimate of drug-likeness (QED) is 0.791. The molecule has 0 spiro atoms. The first-order chi connectivity index (χ1) is 11.2. The van der Waals surface area contributed by atoms with Crippen LogP contribution in [0.3, 0.4) is 0 Å². The van der Waals surface area contributed by atoms with Crippen molar-refractivity contribution in [3.05, 3.63) is 42.2 Å². The minimum Gasteiger partial charge on any atom is -0.315 e.